The molecule has 0 bridgehead atoms. The molecule has 0 aromatic heterocycles. The number of carboxylic acids is 1. The number of anilines is 1. The van der Waals surface area contributed by atoms with E-state index in [4.69, 9.17) is 5.11 Å². The number of carbonyl (C=O) groups is 1. The summed E-state index contributed by atoms with van der Waals surface area (Å²) in [5.41, 5.74) is 0.373. The van der Waals surface area contributed by atoms with E-state index in [1.165, 1.54) is 12.1 Å². The Morgan fingerprint density at radius 3 is 3.00 bits per heavy atom. The van der Waals surface area contributed by atoms with Crippen molar-refractivity contribution in [1.29, 1.82) is 0 Å². The molecular weight excluding hydrogens is 235 g/mol. The van der Waals surface area contributed by atoms with E-state index in [1.54, 1.807) is 6.07 Å². The van der Waals surface area contributed by atoms with Gasteiger partial charge in [-0.2, -0.15) is 0 Å². The van der Waals surface area contributed by atoms with Gasteiger partial charge in [0, 0.05) is 18.3 Å². The van der Waals surface area contributed by atoms with Crippen molar-refractivity contribution in [3.05, 3.63) is 29.6 Å². The number of rotatable bonds is 3. The summed E-state index contributed by atoms with van der Waals surface area (Å²) in [6.07, 6.45) is 2.16. The molecule has 0 amide bonds. The summed E-state index contributed by atoms with van der Waals surface area (Å²) in [6, 6.07) is 4.41. The van der Waals surface area contributed by atoms with Crippen LogP contribution in [0, 0.1) is 5.82 Å². The van der Waals surface area contributed by atoms with E-state index in [0.717, 1.165) is 25.9 Å². The van der Waals surface area contributed by atoms with Crippen molar-refractivity contribution in [2.45, 2.75) is 18.9 Å². The number of hydrogen-bond acceptors (Lipinski definition) is 3. The molecule has 1 atom stereocenters. The Labute approximate surface area is 105 Å². The molecular formula is C13H17FN2O2. The topological polar surface area (TPSA) is 52.6 Å². The maximum atomic E-state index is 13.2. The number of likely N-dealkylation sites (N-methyl/N-ethyl adjacent to an activating group) is 1. The van der Waals surface area contributed by atoms with Gasteiger partial charge in [0.25, 0.3) is 0 Å². The first-order chi connectivity index (χ1) is 8.56. The van der Waals surface area contributed by atoms with Crippen molar-refractivity contribution in [3.8, 4) is 0 Å². The standard InChI is InChI=1S/C13H17FN2O2/c1-16-6-2-3-10(8-16)15-9-4-5-12(14)11(7-9)13(17)18/h4-5,7,10,15H,2-3,6,8H2,1H3,(H,17,18). The van der Waals surface area contributed by atoms with Crippen LogP contribution in [0.2, 0.25) is 0 Å². The van der Waals surface area contributed by atoms with Gasteiger partial charge in [-0.3, -0.25) is 0 Å². The Kier molecular flexibility index (Phi) is 3.81. The Bertz CT molecular complexity index is 451. The fraction of sp³-hybridized carbons (Fsp3) is 0.462. The molecule has 1 aliphatic rings. The van der Waals surface area contributed by atoms with Crippen LogP contribution in [-0.4, -0.2) is 42.2 Å². The fourth-order valence-electron chi connectivity index (χ4n) is 2.30. The van der Waals surface area contributed by atoms with Crippen molar-refractivity contribution in [3.63, 3.8) is 0 Å². The molecule has 0 saturated carbocycles. The Balaban J connectivity index is 2.09. The number of nitrogens with zero attached hydrogens (tertiary/aromatic N) is 1. The van der Waals surface area contributed by atoms with Crippen molar-refractivity contribution < 1.29 is 14.3 Å². The van der Waals surface area contributed by atoms with Crippen molar-refractivity contribution in [2.24, 2.45) is 0 Å². The van der Waals surface area contributed by atoms with E-state index >= 15 is 0 Å². The van der Waals surface area contributed by atoms with Gasteiger partial charge >= 0.3 is 5.97 Å². The molecule has 1 heterocycles. The minimum Gasteiger partial charge on any atom is -0.478 e. The van der Waals surface area contributed by atoms with Crippen molar-refractivity contribution in [1.82, 2.24) is 4.90 Å². The van der Waals surface area contributed by atoms with Gasteiger partial charge in [-0.15, -0.1) is 0 Å². The highest BCUT2D eigenvalue weighted by atomic mass is 19.1. The second kappa shape index (κ2) is 5.35. The second-order valence-corrected chi connectivity index (χ2v) is 4.75. The molecule has 1 saturated heterocycles. The lowest BCUT2D eigenvalue weighted by atomic mass is 10.1. The fourth-order valence-corrected chi connectivity index (χ4v) is 2.30. The lowest BCUT2D eigenvalue weighted by Gasteiger charge is -2.30. The molecule has 4 nitrogen and oxygen atoms in total. The van der Waals surface area contributed by atoms with Crippen LogP contribution in [0.25, 0.3) is 0 Å². The van der Waals surface area contributed by atoms with Gasteiger partial charge in [0.1, 0.15) is 5.82 Å². The van der Waals surface area contributed by atoms with E-state index in [9.17, 15) is 9.18 Å². The van der Waals surface area contributed by atoms with Gasteiger partial charge in [0.15, 0.2) is 0 Å². The lowest BCUT2D eigenvalue weighted by molar-refractivity contribution is 0.0692. The molecule has 1 fully saturated rings. The van der Waals surface area contributed by atoms with E-state index in [-0.39, 0.29) is 11.6 Å². The van der Waals surface area contributed by atoms with Crippen LogP contribution in [0.4, 0.5) is 10.1 Å². The molecule has 2 rings (SSSR count). The number of nitrogens with one attached hydrogen (secondary N) is 1. The number of benzene rings is 1. The number of halogens is 1. The Morgan fingerprint density at radius 1 is 1.56 bits per heavy atom. The van der Waals surface area contributed by atoms with E-state index in [0.29, 0.717) is 5.69 Å². The van der Waals surface area contributed by atoms with E-state index < -0.39 is 11.8 Å². The zero-order valence-corrected chi connectivity index (χ0v) is 10.3. The Morgan fingerprint density at radius 2 is 2.33 bits per heavy atom. The van der Waals surface area contributed by atoms with Crippen LogP contribution in [0.5, 0.6) is 0 Å². The second-order valence-electron chi connectivity index (χ2n) is 4.75. The van der Waals surface area contributed by atoms with Crippen LogP contribution in [-0.2, 0) is 0 Å². The van der Waals surface area contributed by atoms with Crippen molar-refractivity contribution in [2.75, 3.05) is 25.5 Å². The number of likely N-dealkylation sites (tertiary alicyclic amines) is 1. The highest BCUT2D eigenvalue weighted by molar-refractivity contribution is 5.89. The largest absolute Gasteiger partial charge is 0.478 e. The SMILES string of the molecule is CN1CCCC(Nc2ccc(F)c(C(=O)O)c2)C1. The summed E-state index contributed by atoms with van der Waals surface area (Å²) in [6.45, 7) is 2.00. The molecule has 1 aliphatic heterocycles. The van der Waals surface area contributed by atoms with E-state index in [2.05, 4.69) is 17.3 Å². The molecule has 5 heteroatoms. The third-order valence-electron chi connectivity index (χ3n) is 3.19. The summed E-state index contributed by atoms with van der Waals surface area (Å²) in [5.74, 6) is -1.94. The van der Waals surface area contributed by atoms with Crippen LogP contribution >= 0.6 is 0 Å². The highest BCUT2D eigenvalue weighted by Gasteiger charge is 2.18. The molecule has 0 radical (unpaired) electrons. The van der Waals surface area contributed by atoms with Crippen LogP contribution in [0.1, 0.15) is 23.2 Å². The van der Waals surface area contributed by atoms with E-state index in [1.807, 2.05) is 0 Å². The summed E-state index contributed by atoms with van der Waals surface area (Å²) in [5, 5.41) is 12.1. The smallest absolute Gasteiger partial charge is 0.338 e. The molecule has 0 spiro atoms. The molecule has 0 aliphatic carbocycles. The maximum Gasteiger partial charge on any atom is 0.338 e. The van der Waals surface area contributed by atoms with Gasteiger partial charge < -0.3 is 15.3 Å². The van der Waals surface area contributed by atoms with Gasteiger partial charge in [-0.05, 0) is 44.6 Å². The van der Waals surface area contributed by atoms with Gasteiger partial charge in [-0.25, -0.2) is 9.18 Å². The lowest BCUT2D eigenvalue weighted by Crippen LogP contribution is -2.39. The molecule has 1 unspecified atom stereocenters. The van der Waals surface area contributed by atoms with Gasteiger partial charge in [0.05, 0.1) is 5.56 Å². The highest BCUT2D eigenvalue weighted by Crippen LogP contribution is 2.18. The minimum absolute atomic E-state index is 0.288. The third-order valence-corrected chi connectivity index (χ3v) is 3.19. The monoisotopic (exact) mass is 252 g/mol. The average Bonchev–Trinajstić information content (AvgIpc) is 2.31. The zero-order chi connectivity index (χ0) is 13.1. The average molecular weight is 252 g/mol. The molecule has 1 aromatic rings. The minimum atomic E-state index is -1.24. The number of hydrogen-bond donors (Lipinski definition) is 2. The first-order valence-corrected chi connectivity index (χ1v) is 6.04. The summed E-state index contributed by atoms with van der Waals surface area (Å²) in [4.78, 5) is 13.1. The first-order valence-electron chi connectivity index (χ1n) is 6.04. The summed E-state index contributed by atoms with van der Waals surface area (Å²) < 4.78 is 13.2. The molecule has 18 heavy (non-hydrogen) atoms. The summed E-state index contributed by atoms with van der Waals surface area (Å²) >= 11 is 0. The third kappa shape index (κ3) is 2.98. The van der Waals surface area contributed by atoms with Gasteiger partial charge in [0.2, 0.25) is 0 Å². The van der Waals surface area contributed by atoms with Crippen LogP contribution in [0.15, 0.2) is 18.2 Å². The van der Waals surface area contributed by atoms with Crippen LogP contribution in [0.3, 0.4) is 0 Å². The Hall–Kier alpha value is -1.62. The van der Waals surface area contributed by atoms with Gasteiger partial charge in [-0.1, -0.05) is 0 Å². The number of aromatic carboxylic acids is 1. The number of carboxylic acid groups (broad SMARTS) is 1. The normalized spacial score (nSPS) is 20.7. The predicted octanol–water partition coefficient (Wildman–Crippen LogP) is 2.03. The predicted molar refractivity (Wildman–Crippen MR) is 67.5 cm³/mol. The molecule has 98 valence electrons. The first kappa shape index (κ1) is 12.8. The summed E-state index contributed by atoms with van der Waals surface area (Å²) in [7, 11) is 2.06. The molecule has 1 aromatic carbocycles. The quantitative estimate of drug-likeness (QED) is 0.864. The number of piperidine rings is 1. The van der Waals surface area contributed by atoms with Crippen molar-refractivity contribution >= 4 is 11.7 Å². The van der Waals surface area contributed by atoms with Crippen LogP contribution < -0.4 is 5.32 Å². The molecule has 2 N–H and O–H groups in total. The zero-order valence-electron chi connectivity index (χ0n) is 10.3. The maximum absolute atomic E-state index is 13.2.